The number of rotatable bonds is 3. The Kier molecular flexibility index (Phi) is 5.26. The van der Waals surface area contributed by atoms with Crippen molar-refractivity contribution in [3.8, 4) is 0 Å². The van der Waals surface area contributed by atoms with Crippen molar-refractivity contribution in [2.45, 2.75) is 70.1 Å². The van der Waals surface area contributed by atoms with Gasteiger partial charge in [0.25, 0.3) is 0 Å². The molecule has 0 bridgehead atoms. The fraction of sp³-hybridized carbons (Fsp3) is 1.00. The Labute approximate surface area is 105 Å². The van der Waals surface area contributed by atoms with E-state index in [2.05, 4.69) is 12.2 Å². The van der Waals surface area contributed by atoms with Gasteiger partial charge in [0.05, 0.1) is 6.10 Å². The summed E-state index contributed by atoms with van der Waals surface area (Å²) in [5, 5.41) is 13.8. The average Bonchev–Trinajstić information content (AvgIpc) is 2.56. The van der Waals surface area contributed by atoms with Crippen LogP contribution >= 0.6 is 0 Å². The number of ether oxygens (including phenoxy) is 1. The van der Waals surface area contributed by atoms with Gasteiger partial charge in [-0.05, 0) is 38.5 Å². The van der Waals surface area contributed by atoms with Crippen molar-refractivity contribution in [3.63, 3.8) is 0 Å². The number of hydrogen-bond donors (Lipinski definition) is 2. The highest BCUT2D eigenvalue weighted by atomic mass is 16.5. The van der Waals surface area contributed by atoms with E-state index >= 15 is 0 Å². The second-order valence-corrected chi connectivity index (χ2v) is 5.72. The lowest BCUT2D eigenvalue weighted by Crippen LogP contribution is -2.47. The van der Waals surface area contributed by atoms with Crippen LogP contribution in [0, 0.1) is 5.92 Å². The molecule has 0 aromatic carbocycles. The van der Waals surface area contributed by atoms with Crippen molar-refractivity contribution in [2.24, 2.45) is 5.92 Å². The normalized spacial score (nSPS) is 34.2. The molecule has 0 radical (unpaired) electrons. The van der Waals surface area contributed by atoms with Crippen LogP contribution in [0.4, 0.5) is 0 Å². The molecule has 2 fully saturated rings. The van der Waals surface area contributed by atoms with E-state index < -0.39 is 0 Å². The maximum atomic E-state index is 10.1. The molecule has 1 heterocycles. The first-order chi connectivity index (χ1) is 8.27. The summed E-state index contributed by atoms with van der Waals surface area (Å²) in [7, 11) is 0. The Bertz CT molecular complexity index is 216. The summed E-state index contributed by atoms with van der Waals surface area (Å²) < 4.78 is 5.40. The Morgan fingerprint density at radius 1 is 1.06 bits per heavy atom. The highest BCUT2D eigenvalue weighted by Gasteiger charge is 2.26. The van der Waals surface area contributed by atoms with Crippen LogP contribution in [-0.2, 0) is 4.74 Å². The van der Waals surface area contributed by atoms with E-state index in [1.165, 1.54) is 19.3 Å². The van der Waals surface area contributed by atoms with Gasteiger partial charge < -0.3 is 15.2 Å². The van der Waals surface area contributed by atoms with Crippen molar-refractivity contribution in [1.29, 1.82) is 0 Å². The molecule has 3 heteroatoms. The van der Waals surface area contributed by atoms with E-state index in [0.29, 0.717) is 12.1 Å². The third kappa shape index (κ3) is 3.94. The van der Waals surface area contributed by atoms with Crippen molar-refractivity contribution >= 4 is 0 Å². The summed E-state index contributed by atoms with van der Waals surface area (Å²) in [6.45, 7) is 4.08. The minimum absolute atomic E-state index is 0.139. The molecule has 1 aliphatic heterocycles. The van der Waals surface area contributed by atoms with Crippen LogP contribution in [0.15, 0.2) is 0 Å². The molecule has 0 spiro atoms. The van der Waals surface area contributed by atoms with E-state index in [9.17, 15) is 5.11 Å². The first-order valence-electron chi connectivity index (χ1n) is 7.29. The molecule has 0 amide bonds. The Morgan fingerprint density at radius 3 is 2.53 bits per heavy atom. The fourth-order valence-corrected chi connectivity index (χ4v) is 3.17. The molecule has 1 saturated heterocycles. The summed E-state index contributed by atoms with van der Waals surface area (Å²) in [6, 6.07) is 0.826. The van der Waals surface area contributed by atoms with Gasteiger partial charge in [0, 0.05) is 25.3 Å². The van der Waals surface area contributed by atoms with Crippen molar-refractivity contribution in [3.05, 3.63) is 0 Å². The quantitative estimate of drug-likeness (QED) is 0.743. The number of aliphatic hydroxyl groups excluding tert-OH is 1. The number of aliphatic hydroxyl groups is 1. The van der Waals surface area contributed by atoms with Crippen LogP contribution in [0.25, 0.3) is 0 Å². The van der Waals surface area contributed by atoms with Crippen molar-refractivity contribution in [2.75, 3.05) is 13.2 Å². The molecule has 2 N–H and O–H groups in total. The number of nitrogens with one attached hydrogen (secondary N) is 1. The standard InChI is InChI=1S/C14H27NO2/c1-11(12-7-9-17-10-8-12)15-13-5-3-2-4-6-14(13)16/h11-16H,2-10H2,1H3. The maximum Gasteiger partial charge on any atom is 0.0693 e. The summed E-state index contributed by atoms with van der Waals surface area (Å²) in [5.41, 5.74) is 0. The molecular weight excluding hydrogens is 214 g/mol. The van der Waals surface area contributed by atoms with Crippen LogP contribution in [0.2, 0.25) is 0 Å². The lowest BCUT2D eigenvalue weighted by molar-refractivity contribution is 0.0473. The molecule has 2 rings (SSSR count). The lowest BCUT2D eigenvalue weighted by atomic mass is 9.91. The van der Waals surface area contributed by atoms with Crippen LogP contribution in [0.1, 0.15) is 51.9 Å². The largest absolute Gasteiger partial charge is 0.392 e. The highest BCUT2D eigenvalue weighted by Crippen LogP contribution is 2.22. The molecule has 0 aromatic heterocycles. The third-order valence-corrected chi connectivity index (χ3v) is 4.43. The number of hydrogen-bond acceptors (Lipinski definition) is 3. The molecule has 1 aliphatic carbocycles. The predicted molar refractivity (Wildman–Crippen MR) is 69.0 cm³/mol. The van der Waals surface area contributed by atoms with E-state index in [0.717, 1.165) is 44.8 Å². The van der Waals surface area contributed by atoms with E-state index in [1.807, 2.05) is 0 Å². The molecule has 3 nitrogen and oxygen atoms in total. The van der Waals surface area contributed by atoms with Gasteiger partial charge in [-0.2, -0.15) is 0 Å². The van der Waals surface area contributed by atoms with Crippen LogP contribution in [-0.4, -0.2) is 36.5 Å². The van der Waals surface area contributed by atoms with E-state index in [-0.39, 0.29) is 6.10 Å². The monoisotopic (exact) mass is 241 g/mol. The maximum absolute atomic E-state index is 10.1. The molecular formula is C14H27NO2. The highest BCUT2D eigenvalue weighted by molar-refractivity contribution is 4.84. The second-order valence-electron chi connectivity index (χ2n) is 5.72. The van der Waals surface area contributed by atoms with Gasteiger partial charge in [0.2, 0.25) is 0 Å². The predicted octanol–water partition coefficient (Wildman–Crippen LogP) is 2.08. The van der Waals surface area contributed by atoms with E-state index in [4.69, 9.17) is 4.74 Å². The van der Waals surface area contributed by atoms with Crippen molar-refractivity contribution < 1.29 is 9.84 Å². The summed E-state index contributed by atoms with van der Waals surface area (Å²) in [4.78, 5) is 0. The summed E-state index contributed by atoms with van der Waals surface area (Å²) >= 11 is 0. The molecule has 17 heavy (non-hydrogen) atoms. The zero-order valence-corrected chi connectivity index (χ0v) is 11.0. The smallest absolute Gasteiger partial charge is 0.0693 e. The minimum Gasteiger partial charge on any atom is -0.392 e. The van der Waals surface area contributed by atoms with Gasteiger partial charge in [-0.15, -0.1) is 0 Å². The summed E-state index contributed by atoms with van der Waals surface area (Å²) in [6.07, 6.45) is 8.02. The SMILES string of the molecule is CC(NC1CCCCCC1O)C1CCOCC1. The average molecular weight is 241 g/mol. The minimum atomic E-state index is -0.139. The zero-order chi connectivity index (χ0) is 12.1. The first kappa shape index (κ1) is 13.3. The van der Waals surface area contributed by atoms with Crippen LogP contribution < -0.4 is 5.32 Å². The van der Waals surface area contributed by atoms with Gasteiger partial charge >= 0.3 is 0 Å². The van der Waals surface area contributed by atoms with Crippen LogP contribution in [0.3, 0.4) is 0 Å². The Morgan fingerprint density at radius 2 is 1.76 bits per heavy atom. The van der Waals surface area contributed by atoms with Gasteiger partial charge in [-0.3, -0.25) is 0 Å². The lowest BCUT2D eigenvalue weighted by Gasteiger charge is -2.33. The zero-order valence-electron chi connectivity index (χ0n) is 11.0. The Hall–Kier alpha value is -0.120. The van der Waals surface area contributed by atoms with Gasteiger partial charge in [-0.1, -0.05) is 19.3 Å². The second kappa shape index (κ2) is 6.72. The third-order valence-electron chi connectivity index (χ3n) is 4.43. The molecule has 2 aliphatic rings. The fourth-order valence-electron chi connectivity index (χ4n) is 3.17. The summed E-state index contributed by atoms with van der Waals surface area (Å²) in [5.74, 6) is 0.721. The molecule has 0 aromatic rings. The topological polar surface area (TPSA) is 41.5 Å². The van der Waals surface area contributed by atoms with Gasteiger partial charge in [-0.25, -0.2) is 0 Å². The molecule has 1 saturated carbocycles. The van der Waals surface area contributed by atoms with Crippen LogP contribution in [0.5, 0.6) is 0 Å². The molecule has 3 atom stereocenters. The van der Waals surface area contributed by atoms with Gasteiger partial charge in [0.15, 0.2) is 0 Å². The Balaban J connectivity index is 1.80. The van der Waals surface area contributed by atoms with E-state index in [1.54, 1.807) is 0 Å². The van der Waals surface area contributed by atoms with Gasteiger partial charge in [0.1, 0.15) is 0 Å². The first-order valence-corrected chi connectivity index (χ1v) is 7.29. The van der Waals surface area contributed by atoms with Crippen molar-refractivity contribution in [1.82, 2.24) is 5.32 Å². The molecule has 3 unspecified atom stereocenters. The molecule has 100 valence electrons.